The number of rotatable bonds is 4. The number of aromatic nitrogens is 3. The van der Waals surface area contributed by atoms with E-state index in [-0.39, 0.29) is 11.9 Å². The standard InChI is InChI=1S/C15H17FN4O2/c1-21-12-8-18-15(19-9-12)22-11-4-3-7-20(10-11)14-13(16)5-2-6-17-14/h2,5-6,8-9,11H,3-4,7,10H2,1H3. The van der Waals surface area contributed by atoms with E-state index in [0.29, 0.717) is 24.1 Å². The predicted octanol–water partition coefficient (Wildman–Crippen LogP) is 2.07. The molecule has 0 N–H and O–H groups in total. The number of hydrogen-bond donors (Lipinski definition) is 0. The van der Waals surface area contributed by atoms with Crippen molar-refractivity contribution in [3.8, 4) is 11.8 Å². The molecule has 0 radical (unpaired) electrons. The van der Waals surface area contributed by atoms with Crippen LogP contribution in [0.15, 0.2) is 30.7 Å². The number of pyridine rings is 1. The van der Waals surface area contributed by atoms with Crippen molar-refractivity contribution in [3.63, 3.8) is 0 Å². The molecule has 0 bridgehead atoms. The van der Waals surface area contributed by atoms with Gasteiger partial charge in [0, 0.05) is 12.7 Å². The van der Waals surface area contributed by atoms with Crippen LogP contribution in [0.4, 0.5) is 10.2 Å². The first-order valence-corrected chi connectivity index (χ1v) is 7.14. The predicted molar refractivity (Wildman–Crippen MR) is 78.6 cm³/mol. The maximum atomic E-state index is 13.8. The summed E-state index contributed by atoms with van der Waals surface area (Å²) in [4.78, 5) is 14.2. The van der Waals surface area contributed by atoms with Crippen LogP contribution in [0.25, 0.3) is 0 Å². The van der Waals surface area contributed by atoms with Crippen molar-refractivity contribution >= 4 is 5.82 Å². The van der Waals surface area contributed by atoms with Crippen molar-refractivity contribution in [3.05, 3.63) is 36.5 Å². The Balaban J connectivity index is 1.66. The second-order valence-corrected chi connectivity index (χ2v) is 5.04. The van der Waals surface area contributed by atoms with Crippen LogP contribution < -0.4 is 14.4 Å². The summed E-state index contributed by atoms with van der Waals surface area (Å²) >= 11 is 0. The molecule has 6 nitrogen and oxygen atoms in total. The second kappa shape index (κ2) is 6.55. The van der Waals surface area contributed by atoms with Gasteiger partial charge in [-0.1, -0.05) is 0 Å². The fraction of sp³-hybridized carbons (Fsp3) is 0.400. The minimum atomic E-state index is -0.316. The van der Waals surface area contributed by atoms with Crippen LogP contribution >= 0.6 is 0 Å². The van der Waals surface area contributed by atoms with Crippen molar-refractivity contribution in [2.75, 3.05) is 25.1 Å². The van der Waals surface area contributed by atoms with Crippen molar-refractivity contribution in [2.45, 2.75) is 18.9 Å². The summed E-state index contributed by atoms with van der Waals surface area (Å²) in [5, 5.41) is 0. The zero-order valence-corrected chi connectivity index (χ0v) is 12.3. The van der Waals surface area contributed by atoms with E-state index >= 15 is 0 Å². The van der Waals surface area contributed by atoms with Gasteiger partial charge in [0.15, 0.2) is 17.4 Å². The first kappa shape index (κ1) is 14.5. The molecule has 0 aliphatic carbocycles. The molecular weight excluding hydrogens is 287 g/mol. The minimum absolute atomic E-state index is 0.0939. The van der Waals surface area contributed by atoms with Gasteiger partial charge in [0.25, 0.3) is 0 Å². The lowest BCUT2D eigenvalue weighted by Gasteiger charge is -2.33. The molecule has 0 aromatic carbocycles. The molecule has 7 heteroatoms. The molecule has 0 spiro atoms. The Labute approximate surface area is 127 Å². The minimum Gasteiger partial charge on any atom is -0.494 e. The highest BCUT2D eigenvalue weighted by Crippen LogP contribution is 2.22. The topological polar surface area (TPSA) is 60.4 Å². The van der Waals surface area contributed by atoms with E-state index in [0.717, 1.165) is 19.4 Å². The quantitative estimate of drug-likeness (QED) is 0.862. The number of halogens is 1. The molecule has 2 aromatic rings. The third kappa shape index (κ3) is 3.24. The molecule has 1 saturated heterocycles. The summed E-state index contributed by atoms with van der Waals surface area (Å²) < 4.78 is 24.6. The second-order valence-electron chi connectivity index (χ2n) is 5.04. The summed E-state index contributed by atoms with van der Waals surface area (Å²) in [6.07, 6.45) is 6.39. The van der Waals surface area contributed by atoms with Crippen LogP contribution in [0.5, 0.6) is 11.8 Å². The Morgan fingerprint density at radius 1 is 1.27 bits per heavy atom. The van der Waals surface area contributed by atoms with E-state index in [4.69, 9.17) is 9.47 Å². The van der Waals surface area contributed by atoms with Gasteiger partial charge in [-0.3, -0.25) is 0 Å². The molecule has 116 valence electrons. The van der Waals surface area contributed by atoms with Crippen LogP contribution in [0, 0.1) is 5.82 Å². The normalized spacial score (nSPS) is 18.1. The van der Waals surface area contributed by atoms with Gasteiger partial charge in [0.1, 0.15) is 6.10 Å². The third-order valence-corrected chi connectivity index (χ3v) is 3.53. The highest BCUT2D eigenvalue weighted by atomic mass is 19.1. The molecule has 3 heterocycles. The van der Waals surface area contributed by atoms with Crippen LogP contribution in [0.2, 0.25) is 0 Å². The van der Waals surface area contributed by atoms with Crippen molar-refractivity contribution in [1.29, 1.82) is 0 Å². The summed E-state index contributed by atoms with van der Waals surface area (Å²) in [5.41, 5.74) is 0. The third-order valence-electron chi connectivity index (χ3n) is 3.53. The maximum absolute atomic E-state index is 13.8. The van der Waals surface area contributed by atoms with Gasteiger partial charge in [-0.25, -0.2) is 9.37 Å². The Hall–Kier alpha value is -2.44. The number of piperidine rings is 1. The summed E-state index contributed by atoms with van der Waals surface area (Å²) in [7, 11) is 1.56. The maximum Gasteiger partial charge on any atom is 0.316 e. The van der Waals surface area contributed by atoms with E-state index in [2.05, 4.69) is 15.0 Å². The van der Waals surface area contributed by atoms with E-state index in [1.54, 1.807) is 31.8 Å². The Kier molecular flexibility index (Phi) is 4.32. The lowest BCUT2D eigenvalue weighted by atomic mass is 10.1. The van der Waals surface area contributed by atoms with Gasteiger partial charge >= 0.3 is 6.01 Å². The molecule has 1 fully saturated rings. The molecule has 22 heavy (non-hydrogen) atoms. The fourth-order valence-electron chi connectivity index (χ4n) is 2.46. The molecule has 1 aliphatic rings. The molecule has 1 unspecified atom stereocenters. The average Bonchev–Trinajstić information content (AvgIpc) is 2.56. The van der Waals surface area contributed by atoms with E-state index in [9.17, 15) is 4.39 Å². The Morgan fingerprint density at radius 3 is 2.82 bits per heavy atom. The average molecular weight is 304 g/mol. The van der Waals surface area contributed by atoms with Crippen molar-refractivity contribution in [2.24, 2.45) is 0 Å². The lowest BCUT2D eigenvalue weighted by molar-refractivity contribution is 0.163. The molecule has 1 atom stereocenters. The van der Waals surface area contributed by atoms with E-state index in [1.807, 2.05) is 4.90 Å². The SMILES string of the molecule is COc1cnc(OC2CCCN(c3ncccc3F)C2)nc1. The van der Waals surface area contributed by atoms with E-state index in [1.165, 1.54) is 6.07 Å². The molecule has 0 amide bonds. The number of methoxy groups -OCH3 is 1. The Morgan fingerprint density at radius 2 is 2.09 bits per heavy atom. The van der Waals surface area contributed by atoms with Gasteiger partial charge in [-0.2, -0.15) is 9.97 Å². The van der Waals surface area contributed by atoms with Gasteiger partial charge in [-0.05, 0) is 25.0 Å². The molecular formula is C15H17FN4O2. The number of ether oxygens (including phenoxy) is 2. The van der Waals surface area contributed by atoms with Crippen LogP contribution in [0.1, 0.15) is 12.8 Å². The van der Waals surface area contributed by atoms with Gasteiger partial charge < -0.3 is 14.4 Å². The summed E-state index contributed by atoms with van der Waals surface area (Å²) in [6, 6.07) is 3.30. The summed E-state index contributed by atoms with van der Waals surface area (Å²) in [6.45, 7) is 1.32. The molecule has 0 saturated carbocycles. The van der Waals surface area contributed by atoms with Crippen molar-refractivity contribution < 1.29 is 13.9 Å². The highest BCUT2D eigenvalue weighted by molar-refractivity contribution is 5.40. The molecule has 1 aliphatic heterocycles. The zero-order valence-electron chi connectivity index (χ0n) is 12.3. The first-order chi connectivity index (χ1) is 10.8. The van der Waals surface area contributed by atoms with E-state index < -0.39 is 0 Å². The van der Waals surface area contributed by atoms with Gasteiger partial charge in [0.05, 0.1) is 26.0 Å². The molecule has 2 aromatic heterocycles. The number of anilines is 1. The lowest BCUT2D eigenvalue weighted by Crippen LogP contribution is -2.42. The smallest absolute Gasteiger partial charge is 0.316 e. The van der Waals surface area contributed by atoms with Gasteiger partial charge in [-0.15, -0.1) is 0 Å². The first-order valence-electron chi connectivity index (χ1n) is 7.14. The number of nitrogens with zero attached hydrogens (tertiary/aromatic N) is 4. The highest BCUT2D eigenvalue weighted by Gasteiger charge is 2.24. The number of hydrogen-bond acceptors (Lipinski definition) is 6. The van der Waals surface area contributed by atoms with Crippen LogP contribution in [0.3, 0.4) is 0 Å². The fourth-order valence-corrected chi connectivity index (χ4v) is 2.46. The van der Waals surface area contributed by atoms with Gasteiger partial charge in [0.2, 0.25) is 0 Å². The zero-order chi connectivity index (χ0) is 15.4. The van der Waals surface area contributed by atoms with Crippen molar-refractivity contribution in [1.82, 2.24) is 15.0 Å². The largest absolute Gasteiger partial charge is 0.494 e. The van der Waals surface area contributed by atoms with Crippen LogP contribution in [-0.2, 0) is 0 Å². The summed E-state index contributed by atoms with van der Waals surface area (Å²) in [5.74, 6) is 0.628. The molecule has 3 rings (SSSR count). The Bertz CT molecular complexity index is 623. The monoisotopic (exact) mass is 304 g/mol. The van der Waals surface area contributed by atoms with Crippen LogP contribution in [-0.4, -0.2) is 41.3 Å².